The van der Waals surface area contributed by atoms with Gasteiger partial charge in [-0.05, 0) is 56.3 Å². The first-order chi connectivity index (χ1) is 14.8. The van der Waals surface area contributed by atoms with E-state index in [0.29, 0.717) is 11.3 Å². The van der Waals surface area contributed by atoms with Crippen LogP contribution in [0.15, 0.2) is 54.7 Å². The molecule has 8 heteroatoms. The predicted molar refractivity (Wildman–Crippen MR) is 115 cm³/mol. The SMILES string of the molecule is Cc1c(C(C)NC(=O)c2cccc(OCC(=O)N(C)C)c2)cnn1-c1ccc(F)cc1. The summed E-state index contributed by atoms with van der Waals surface area (Å²) >= 11 is 0. The van der Waals surface area contributed by atoms with Gasteiger partial charge in [-0.2, -0.15) is 5.10 Å². The maximum Gasteiger partial charge on any atom is 0.259 e. The molecule has 0 aliphatic rings. The van der Waals surface area contributed by atoms with Gasteiger partial charge in [-0.1, -0.05) is 6.07 Å². The molecule has 1 heterocycles. The van der Waals surface area contributed by atoms with Gasteiger partial charge in [-0.3, -0.25) is 9.59 Å². The first-order valence-electron chi connectivity index (χ1n) is 9.80. The molecule has 0 bridgehead atoms. The maximum absolute atomic E-state index is 13.2. The number of likely N-dealkylation sites (N-methyl/N-ethyl adjacent to an activating group) is 1. The molecule has 1 N–H and O–H groups in total. The van der Waals surface area contributed by atoms with E-state index in [2.05, 4.69) is 10.4 Å². The average molecular weight is 424 g/mol. The van der Waals surface area contributed by atoms with Crippen LogP contribution in [-0.2, 0) is 4.79 Å². The Kier molecular flexibility index (Phi) is 6.69. The Labute approximate surface area is 180 Å². The van der Waals surface area contributed by atoms with Gasteiger partial charge in [0.25, 0.3) is 11.8 Å². The second-order valence-corrected chi connectivity index (χ2v) is 7.37. The van der Waals surface area contributed by atoms with Gasteiger partial charge >= 0.3 is 0 Å². The summed E-state index contributed by atoms with van der Waals surface area (Å²) in [6, 6.07) is 12.4. The Morgan fingerprint density at radius 2 is 1.90 bits per heavy atom. The summed E-state index contributed by atoms with van der Waals surface area (Å²) in [4.78, 5) is 25.9. The molecule has 2 amide bonds. The van der Waals surface area contributed by atoms with E-state index in [4.69, 9.17) is 4.74 Å². The van der Waals surface area contributed by atoms with Gasteiger partial charge in [-0.25, -0.2) is 9.07 Å². The molecule has 3 rings (SSSR count). The number of nitrogens with zero attached hydrogens (tertiary/aromatic N) is 3. The predicted octanol–water partition coefficient (Wildman–Crippen LogP) is 3.28. The Bertz CT molecular complexity index is 1080. The van der Waals surface area contributed by atoms with Crippen molar-refractivity contribution in [3.63, 3.8) is 0 Å². The molecule has 31 heavy (non-hydrogen) atoms. The lowest BCUT2D eigenvalue weighted by Gasteiger charge is -2.15. The average Bonchev–Trinajstić information content (AvgIpc) is 3.14. The third kappa shape index (κ3) is 5.28. The van der Waals surface area contributed by atoms with Crippen molar-refractivity contribution in [3.05, 3.63) is 77.4 Å². The van der Waals surface area contributed by atoms with Crippen LogP contribution < -0.4 is 10.1 Å². The summed E-state index contributed by atoms with van der Waals surface area (Å²) in [5, 5.41) is 7.33. The zero-order valence-corrected chi connectivity index (χ0v) is 17.9. The largest absolute Gasteiger partial charge is 0.484 e. The number of benzene rings is 2. The summed E-state index contributed by atoms with van der Waals surface area (Å²) in [5.74, 6) is -0.314. The number of aromatic nitrogens is 2. The van der Waals surface area contributed by atoms with Crippen LogP contribution in [0, 0.1) is 12.7 Å². The number of amides is 2. The molecule has 0 saturated carbocycles. The van der Waals surface area contributed by atoms with E-state index >= 15 is 0 Å². The zero-order valence-electron chi connectivity index (χ0n) is 17.9. The number of hydrogen-bond donors (Lipinski definition) is 1. The highest BCUT2D eigenvalue weighted by Crippen LogP contribution is 2.21. The lowest BCUT2D eigenvalue weighted by Crippen LogP contribution is -2.28. The molecule has 0 radical (unpaired) electrons. The van der Waals surface area contributed by atoms with E-state index in [1.165, 1.54) is 17.0 Å². The number of ether oxygens (including phenoxy) is 1. The van der Waals surface area contributed by atoms with Crippen LogP contribution in [-0.4, -0.2) is 47.2 Å². The lowest BCUT2D eigenvalue weighted by molar-refractivity contribution is -0.130. The summed E-state index contributed by atoms with van der Waals surface area (Å²) in [7, 11) is 3.30. The first-order valence-corrected chi connectivity index (χ1v) is 9.80. The van der Waals surface area contributed by atoms with Crippen molar-refractivity contribution in [1.82, 2.24) is 20.0 Å². The summed E-state index contributed by atoms with van der Waals surface area (Å²) in [6.07, 6.45) is 1.69. The van der Waals surface area contributed by atoms with Gasteiger partial charge in [0, 0.05) is 30.9 Å². The van der Waals surface area contributed by atoms with Crippen LogP contribution in [0.25, 0.3) is 5.69 Å². The lowest BCUT2D eigenvalue weighted by atomic mass is 10.1. The van der Waals surface area contributed by atoms with Crippen LogP contribution in [0.3, 0.4) is 0 Å². The molecule has 7 nitrogen and oxygen atoms in total. The molecule has 2 aromatic carbocycles. The molecule has 0 fully saturated rings. The molecule has 3 aromatic rings. The van der Waals surface area contributed by atoms with E-state index in [9.17, 15) is 14.0 Å². The van der Waals surface area contributed by atoms with E-state index in [0.717, 1.165) is 16.9 Å². The van der Waals surface area contributed by atoms with Crippen molar-refractivity contribution < 1.29 is 18.7 Å². The van der Waals surface area contributed by atoms with Gasteiger partial charge < -0.3 is 15.0 Å². The van der Waals surface area contributed by atoms with Crippen molar-refractivity contribution in [2.24, 2.45) is 0 Å². The van der Waals surface area contributed by atoms with Crippen LogP contribution in [0.1, 0.15) is 34.6 Å². The van der Waals surface area contributed by atoms with Gasteiger partial charge in [0.15, 0.2) is 6.61 Å². The third-order valence-electron chi connectivity index (χ3n) is 4.89. The van der Waals surface area contributed by atoms with E-state index < -0.39 is 0 Å². The minimum atomic E-state index is -0.313. The minimum Gasteiger partial charge on any atom is -0.484 e. The third-order valence-corrected chi connectivity index (χ3v) is 4.89. The molecular formula is C23H25FN4O3. The highest BCUT2D eigenvalue weighted by atomic mass is 19.1. The fourth-order valence-electron chi connectivity index (χ4n) is 3.05. The van der Waals surface area contributed by atoms with Crippen LogP contribution in [0.2, 0.25) is 0 Å². The van der Waals surface area contributed by atoms with E-state index in [-0.39, 0.29) is 30.3 Å². The van der Waals surface area contributed by atoms with Gasteiger partial charge in [0.05, 0.1) is 17.9 Å². The zero-order chi connectivity index (χ0) is 22.5. The number of carbonyl (C=O) groups excluding carboxylic acids is 2. The Morgan fingerprint density at radius 3 is 2.58 bits per heavy atom. The molecule has 0 saturated heterocycles. The number of halogens is 1. The van der Waals surface area contributed by atoms with Crippen molar-refractivity contribution in [2.75, 3.05) is 20.7 Å². The number of rotatable bonds is 7. The summed E-state index contributed by atoms with van der Waals surface area (Å²) in [6.45, 7) is 3.66. The normalized spacial score (nSPS) is 11.6. The molecule has 1 aromatic heterocycles. The molecule has 1 unspecified atom stereocenters. The standard InChI is InChI=1S/C23H25FN4O3/c1-15(21-13-25-28(16(21)2)19-10-8-18(24)9-11-19)26-23(30)17-6-5-7-20(12-17)31-14-22(29)27(3)4/h5-13,15H,14H2,1-4H3,(H,26,30). The second-order valence-electron chi connectivity index (χ2n) is 7.37. The molecule has 0 aliphatic heterocycles. The molecule has 1 atom stereocenters. The minimum absolute atomic E-state index is 0.101. The van der Waals surface area contributed by atoms with Crippen molar-refractivity contribution >= 4 is 11.8 Å². The first kappa shape index (κ1) is 22.0. The molecule has 162 valence electrons. The maximum atomic E-state index is 13.2. The molecule has 0 aliphatic carbocycles. The van der Waals surface area contributed by atoms with Crippen molar-refractivity contribution in [1.29, 1.82) is 0 Å². The molecule has 0 spiro atoms. The molecular weight excluding hydrogens is 399 g/mol. The highest BCUT2D eigenvalue weighted by Gasteiger charge is 2.18. The fraction of sp³-hybridized carbons (Fsp3) is 0.261. The van der Waals surface area contributed by atoms with Gasteiger partial charge in [0.2, 0.25) is 0 Å². The van der Waals surface area contributed by atoms with Crippen LogP contribution in [0.4, 0.5) is 4.39 Å². The Morgan fingerprint density at radius 1 is 1.19 bits per heavy atom. The summed E-state index contributed by atoms with van der Waals surface area (Å²) < 4.78 is 20.4. The Hall–Kier alpha value is -3.68. The smallest absolute Gasteiger partial charge is 0.259 e. The van der Waals surface area contributed by atoms with Crippen molar-refractivity contribution in [3.8, 4) is 11.4 Å². The topological polar surface area (TPSA) is 76.5 Å². The second kappa shape index (κ2) is 9.42. The van der Waals surface area contributed by atoms with Gasteiger partial charge in [0.1, 0.15) is 11.6 Å². The van der Waals surface area contributed by atoms with Gasteiger partial charge in [-0.15, -0.1) is 0 Å². The summed E-state index contributed by atoms with van der Waals surface area (Å²) in [5.41, 5.74) is 2.85. The fourth-order valence-corrected chi connectivity index (χ4v) is 3.05. The van der Waals surface area contributed by atoms with Crippen molar-refractivity contribution in [2.45, 2.75) is 19.9 Å². The number of carbonyl (C=O) groups is 2. The van der Waals surface area contributed by atoms with Crippen LogP contribution in [0.5, 0.6) is 5.75 Å². The Balaban J connectivity index is 1.69. The number of hydrogen-bond acceptors (Lipinski definition) is 4. The number of nitrogens with one attached hydrogen (secondary N) is 1. The van der Waals surface area contributed by atoms with E-state index in [1.54, 1.807) is 61.4 Å². The monoisotopic (exact) mass is 424 g/mol. The highest BCUT2D eigenvalue weighted by molar-refractivity contribution is 5.94. The quantitative estimate of drug-likeness (QED) is 0.632. The van der Waals surface area contributed by atoms with E-state index in [1.807, 2.05) is 13.8 Å². The van der Waals surface area contributed by atoms with Crippen LogP contribution >= 0.6 is 0 Å².